The Morgan fingerprint density at radius 3 is 2.40 bits per heavy atom. The number of fused-ring (bicyclic) bond motifs is 1. The summed E-state index contributed by atoms with van der Waals surface area (Å²) in [6, 6.07) is -0.815. The second kappa shape index (κ2) is 4.34. The summed E-state index contributed by atoms with van der Waals surface area (Å²) in [6.45, 7) is 0.471. The maximum Gasteiger partial charge on any atom is 0.407 e. The molecule has 2 atom stereocenters. The molecule has 3 rings (SSSR count). The standard InChI is InChI=1S/C12H16N2O6/c15-9(16)7-1-2-8-14(7)10(17)12(20-8)3-5-13(6-4-12)11(18)19/h7-8H,1-6H2,(H,15,16)(H,18,19)/t7-,8?/m0/s1. The van der Waals surface area contributed by atoms with Crippen molar-refractivity contribution in [3.05, 3.63) is 0 Å². The van der Waals surface area contributed by atoms with Crippen molar-refractivity contribution in [2.75, 3.05) is 13.1 Å². The lowest BCUT2D eigenvalue weighted by Gasteiger charge is -2.36. The van der Waals surface area contributed by atoms with Gasteiger partial charge < -0.3 is 24.7 Å². The van der Waals surface area contributed by atoms with Gasteiger partial charge in [-0.25, -0.2) is 9.59 Å². The lowest BCUT2D eigenvalue weighted by molar-refractivity contribution is -0.149. The number of hydrogen-bond acceptors (Lipinski definition) is 4. The first-order chi connectivity index (χ1) is 9.44. The maximum atomic E-state index is 12.5. The van der Waals surface area contributed by atoms with Crippen LogP contribution in [0.25, 0.3) is 0 Å². The first-order valence-corrected chi connectivity index (χ1v) is 6.66. The highest BCUT2D eigenvalue weighted by Crippen LogP contribution is 2.42. The number of hydrogen-bond donors (Lipinski definition) is 2. The molecule has 3 aliphatic heterocycles. The summed E-state index contributed by atoms with van der Waals surface area (Å²) < 4.78 is 5.83. The topological polar surface area (TPSA) is 107 Å². The minimum atomic E-state index is -1.02. The molecule has 0 aromatic heterocycles. The molecule has 0 bridgehead atoms. The predicted molar refractivity (Wildman–Crippen MR) is 63.9 cm³/mol. The molecular weight excluding hydrogens is 268 g/mol. The normalized spacial score (nSPS) is 31.7. The van der Waals surface area contributed by atoms with Gasteiger partial charge in [-0.1, -0.05) is 0 Å². The highest BCUT2D eigenvalue weighted by molar-refractivity contribution is 5.92. The Labute approximate surface area is 114 Å². The van der Waals surface area contributed by atoms with Crippen molar-refractivity contribution in [3.8, 4) is 0 Å². The van der Waals surface area contributed by atoms with Crippen LogP contribution in [0.4, 0.5) is 4.79 Å². The van der Waals surface area contributed by atoms with E-state index in [1.54, 1.807) is 0 Å². The zero-order valence-electron chi connectivity index (χ0n) is 10.8. The van der Waals surface area contributed by atoms with Crippen molar-refractivity contribution in [2.24, 2.45) is 0 Å². The second-order valence-electron chi connectivity index (χ2n) is 5.48. The van der Waals surface area contributed by atoms with Crippen LogP contribution in [0.15, 0.2) is 0 Å². The van der Waals surface area contributed by atoms with Gasteiger partial charge in [0.15, 0.2) is 5.60 Å². The van der Waals surface area contributed by atoms with Gasteiger partial charge in [0.1, 0.15) is 12.3 Å². The van der Waals surface area contributed by atoms with Crippen LogP contribution < -0.4 is 0 Å². The van der Waals surface area contributed by atoms with Crippen LogP contribution in [0, 0.1) is 0 Å². The molecule has 0 aliphatic carbocycles. The maximum absolute atomic E-state index is 12.5. The van der Waals surface area contributed by atoms with Crippen molar-refractivity contribution in [3.63, 3.8) is 0 Å². The number of piperidine rings is 1. The molecule has 3 aliphatic rings. The largest absolute Gasteiger partial charge is 0.480 e. The average Bonchev–Trinajstić information content (AvgIpc) is 2.91. The molecule has 3 saturated heterocycles. The van der Waals surface area contributed by atoms with Gasteiger partial charge in [0, 0.05) is 25.9 Å². The van der Waals surface area contributed by atoms with Gasteiger partial charge in [0.25, 0.3) is 5.91 Å². The van der Waals surface area contributed by atoms with Gasteiger partial charge in [0.2, 0.25) is 0 Å². The number of carboxylic acid groups (broad SMARTS) is 2. The molecule has 0 radical (unpaired) electrons. The Kier molecular flexibility index (Phi) is 2.86. The van der Waals surface area contributed by atoms with E-state index in [1.807, 2.05) is 0 Å². The first kappa shape index (κ1) is 13.2. The number of carbonyl (C=O) groups is 3. The molecule has 0 aromatic rings. The third-order valence-electron chi connectivity index (χ3n) is 4.45. The van der Waals surface area contributed by atoms with Gasteiger partial charge in [0.05, 0.1) is 0 Å². The molecule has 8 heteroatoms. The molecule has 1 unspecified atom stereocenters. The highest BCUT2D eigenvalue weighted by Gasteiger charge is 2.59. The van der Waals surface area contributed by atoms with Crippen LogP contribution >= 0.6 is 0 Å². The Balaban J connectivity index is 1.77. The zero-order valence-corrected chi connectivity index (χ0v) is 10.8. The smallest absolute Gasteiger partial charge is 0.407 e. The number of ether oxygens (including phenoxy) is 1. The summed E-state index contributed by atoms with van der Waals surface area (Å²) >= 11 is 0. The minimum Gasteiger partial charge on any atom is -0.480 e. The number of carbonyl (C=O) groups excluding carboxylic acids is 1. The van der Waals surface area contributed by atoms with Crippen LogP contribution in [0.3, 0.4) is 0 Å². The van der Waals surface area contributed by atoms with E-state index in [0.29, 0.717) is 12.8 Å². The van der Waals surface area contributed by atoms with Crippen molar-refractivity contribution in [2.45, 2.75) is 43.6 Å². The van der Waals surface area contributed by atoms with Gasteiger partial charge in [-0.15, -0.1) is 0 Å². The van der Waals surface area contributed by atoms with Crippen LogP contribution in [0.2, 0.25) is 0 Å². The van der Waals surface area contributed by atoms with E-state index in [4.69, 9.17) is 14.9 Å². The molecule has 2 amide bonds. The van der Waals surface area contributed by atoms with Crippen molar-refractivity contribution >= 4 is 18.0 Å². The van der Waals surface area contributed by atoms with E-state index in [-0.39, 0.29) is 31.8 Å². The third-order valence-corrected chi connectivity index (χ3v) is 4.45. The van der Waals surface area contributed by atoms with E-state index in [2.05, 4.69) is 0 Å². The van der Waals surface area contributed by atoms with E-state index in [1.165, 1.54) is 9.80 Å². The Bertz CT molecular complexity index is 471. The van der Waals surface area contributed by atoms with Gasteiger partial charge in [-0.05, 0) is 12.8 Å². The lowest BCUT2D eigenvalue weighted by Crippen LogP contribution is -2.52. The fraction of sp³-hybridized carbons (Fsp3) is 0.750. The number of amides is 2. The summed E-state index contributed by atoms with van der Waals surface area (Å²) in [6.07, 6.45) is 0.0275. The molecule has 0 aromatic carbocycles. The molecule has 8 nitrogen and oxygen atoms in total. The summed E-state index contributed by atoms with van der Waals surface area (Å²) in [4.78, 5) is 37.2. The van der Waals surface area contributed by atoms with Crippen LogP contribution in [0.5, 0.6) is 0 Å². The molecule has 110 valence electrons. The molecule has 3 heterocycles. The Morgan fingerprint density at radius 1 is 1.20 bits per heavy atom. The molecular formula is C12H16N2O6. The van der Waals surface area contributed by atoms with E-state index >= 15 is 0 Å². The zero-order chi connectivity index (χ0) is 14.5. The van der Waals surface area contributed by atoms with Crippen molar-refractivity contribution in [1.29, 1.82) is 0 Å². The van der Waals surface area contributed by atoms with Gasteiger partial charge in [-0.2, -0.15) is 0 Å². The average molecular weight is 284 g/mol. The molecule has 3 fully saturated rings. The molecule has 2 N–H and O–H groups in total. The van der Waals surface area contributed by atoms with Crippen LogP contribution in [-0.2, 0) is 14.3 Å². The third kappa shape index (κ3) is 1.75. The number of carboxylic acids is 1. The summed E-state index contributed by atoms with van der Waals surface area (Å²) in [5, 5.41) is 18.1. The van der Waals surface area contributed by atoms with Crippen molar-refractivity contribution in [1.82, 2.24) is 9.80 Å². The second-order valence-corrected chi connectivity index (χ2v) is 5.48. The summed E-state index contributed by atoms with van der Waals surface area (Å²) in [5.41, 5.74) is -1.02. The minimum absolute atomic E-state index is 0.235. The van der Waals surface area contributed by atoms with Gasteiger partial charge >= 0.3 is 12.1 Å². The fourth-order valence-corrected chi connectivity index (χ4v) is 3.35. The highest BCUT2D eigenvalue weighted by atomic mass is 16.6. The number of rotatable bonds is 1. The number of likely N-dealkylation sites (tertiary alicyclic amines) is 1. The summed E-state index contributed by atoms with van der Waals surface area (Å²) in [5.74, 6) is -1.30. The predicted octanol–water partition coefficient (Wildman–Crippen LogP) is -0.0691. The lowest BCUT2D eigenvalue weighted by atomic mass is 9.90. The van der Waals surface area contributed by atoms with Crippen molar-refractivity contribution < 1.29 is 29.3 Å². The van der Waals surface area contributed by atoms with E-state index in [9.17, 15) is 14.4 Å². The summed E-state index contributed by atoms with van der Waals surface area (Å²) in [7, 11) is 0. The SMILES string of the molecule is O=C(O)[C@@H]1CCC2OC3(CCN(C(=O)O)CC3)C(=O)N21. The van der Waals surface area contributed by atoms with Crippen LogP contribution in [-0.4, -0.2) is 68.9 Å². The fourth-order valence-electron chi connectivity index (χ4n) is 3.35. The Hall–Kier alpha value is -1.83. The molecule has 0 saturated carbocycles. The van der Waals surface area contributed by atoms with Crippen LogP contribution in [0.1, 0.15) is 25.7 Å². The quantitative estimate of drug-likeness (QED) is 0.698. The first-order valence-electron chi connectivity index (χ1n) is 6.66. The van der Waals surface area contributed by atoms with E-state index < -0.39 is 29.9 Å². The monoisotopic (exact) mass is 284 g/mol. The number of aliphatic carboxylic acids is 1. The number of nitrogens with zero attached hydrogens (tertiary/aromatic N) is 2. The van der Waals surface area contributed by atoms with Gasteiger partial charge in [-0.3, -0.25) is 4.79 Å². The molecule has 20 heavy (non-hydrogen) atoms. The van der Waals surface area contributed by atoms with E-state index in [0.717, 1.165) is 0 Å². The Morgan fingerprint density at radius 2 is 1.85 bits per heavy atom. The molecule has 1 spiro atoms.